The highest BCUT2D eigenvalue weighted by atomic mass is 16.5. The smallest absolute Gasteiger partial charge is 0.288 e. The predicted molar refractivity (Wildman–Crippen MR) is 81.9 cm³/mol. The van der Waals surface area contributed by atoms with E-state index < -0.39 is 5.91 Å². The second kappa shape index (κ2) is 6.55. The summed E-state index contributed by atoms with van der Waals surface area (Å²) in [6.07, 6.45) is 1.63. The molecular formula is C15H21N5O2. The summed E-state index contributed by atoms with van der Waals surface area (Å²) in [4.78, 5) is 19.9. The van der Waals surface area contributed by atoms with Gasteiger partial charge in [-0.2, -0.15) is 0 Å². The number of carbonyl (C=O) groups is 1. The average Bonchev–Trinajstić information content (AvgIpc) is 2.85. The molecule has 0 aliphatic rings. The molecule has 2 N–H and O–H groups in total. The number of primary amides is 1. The van der Waals surface area contributed by atoms with Crippen molar-refractivity contribution in [3.63, 3.8) is 0 Å². The van der Waals surface area contributed by atoms with E-state index in [1.54, 1.807) is 11.8 Å². The summed E-state index contributed by atoms with van der Waals surface area (Å²) in [5.41, 5.74) is 8.15. The Labute approximate surface area is 129 Å². The Bertz CT molecular complexity index is 693. The summed E-state index contributed by atoms with van der Waals surface area (Å²) in [5.74, 6) is 0.719. The van der Waals surface area contributed by atoms with E-state index in [0.29, 0.717) is 12.4 Å². The quantitative estimate of drug-likeness (QED) is 0.870. The summed E-state index contributed by atoms with van der Waals surface area (Å²) < 4.78 is 7.07. The van der Waals surface area contributed by atoms with Gasteiger partial charge in [-0.25, -0.2) is 14.6 Å². The zero-order chi connectivity index (χ0) is 16.3. The zero-order valence-corrected chi connectivity index (χ0v) is 13.4. The lowest BCUT2D eigenvalue weighted by molar-refractivity contribution is 0.0990. The van der Waals surface area contributed by atoms with Crippen LogP contribution in [0.25, 0.3) is 0 Å². The first-order chi connectivity index (χ1) is 10.5. The molecule has 0 fully saturated rings. The predicted octanol–water partition coefficient (Wildman–Crippen LogP) is 1.40. The molecule has 7 heteroatoms. The van der Waals surface area contributed by atoms with Gasteiger partial charge in [-0.1, -0.05) is 6.92 Å². The van der Waals surface area contributed by atoms with Crippen LogP contribution in [0.4, 0.5) is 0 Å². The zero-order valence-electron chi connectivity index (χ0n) is 13.4. The van der Waals surface area contributed by atoms with Crippen molar-refractivity contribution in [1.82, 2.24) is 19.7 Å². The summed E-state index contributed by atoms with van der Waals surface area (Å²) >= 11 is 0. The van der Waals surface area contributed by atoms with E-state index in [1.165, 1.54) is 0 Å². The van der Waals surface area contributed by atoms with Crippen LogP contribution in [0, 0.1) is 13.8 Å². The molecule has 1 amide bonds. The Hall–Kier alpha value is -2.44. The number of aryl methyl sites for hydroxylation is 3. The third-order valence-electron chi connectivity index (χ3n) is 3.38. The van der Waals surface area contributed by atoms with Gasteiger partial charge in [0.05, 0.1) is 13.7 Å². The third-order valence-corrected chi connectivity index (χ3v) is 3.38. The van der Waals surface area contributed by atoms with Crippen LogP contribution in [-0.4, -0.2) is 32.8 Å². The Kier molecular flexibility index (Phi) is 4.75. The fraction of sp³-hybridized carbons (Fsp3) is 0.467. The molecule has 2 rings (SSSR count). The van der Waals surface area contributed by atoms with E-state index in [-0.39, 0.29) is 5.82 Å². The normalized spacial score (nSPS) is 10.7. The van der Waals surface area contributed by atoms with Gasteiger partial charge in [-0.15, -0.1) is 5.10 Å². The van der Waals surface area contributed by atoms with Crippen molar-refractivity contribution in [3.8, 4) is 5.88 Å². The highest BCUT2D eigenvalue weighted by molar-refractivity contribution is 5.88. The number of rotatable bonds is 6. The van der Waals surface area contributed by atoms with E-state index in [9.17, 15) is 4.79 Å². The number of hydrogen-bond donors (Lipinski definition) is 1. The highest BCUT2D eigenvalue weighted by Crippen LogP contribution is 2.22. The molecule has 0 spiro atoms. The maximum absolute atomic E-state index is 11.3. The molecule has 2 aromatic heterocycles. The standard InChI is InChI=1S/C15H21N5O2/c1-5-6-12-18-14(13(16)21)19-20(12)8-11-9(2)7-10(3)17-15(11)22-4/h7H,5-6,8H2,1-4H3,(H2,16,21). The second-order valence-electron chi connectivity index (χ2n) is 5.19. The van der Waals surface area contributed by atoms with Gasteiger partial charge in [0.2, 0.25) is 11.7 Å². The van der Waals surface area contributed by atoms with Crippen LogP contribution in [0.1, 0.15) is 46.6 Å². The van der Waals surface area contributed by atoms with Gasteiger partial charge in [-0.3, -0.25) is 4.79 Å². The minimum Gasteiger partial charge on any atom is -0.481 e. The van der Waals surface area contributed by atoms with Crippen molar-refractivity contribution in [1.29, 1.82) is 0 Å². The van der Waals surface area contributed by atoms with Crippen LogP contribution in [-0.2, 0) is 13.0 Å². The van der Waals surface area contributed by atoms with Crippen molar-refractivity contribution in [2.24, 2.45) is 5.73 Å². The van der Waals surface area contributed by atoms with Gasteiger partial charge in [0.25, 0.3) is 5.91 Å². The number of hydrogen-bond acceptors (Lipinski definition) is 5. The first-order valence-corrected chi connectivity index (χ1v) is 7.20. The Morgan fingerprint density at radius 1 is 1.36 bits per heavy atom. The second-order valence-corrected chi connectivity index (χ2v) is 5.19. The number of pyridine rings is 1. The van der Waals surface area contributed by atoms with Crippen molar-refractivity contribution >= 4 is 5.91 Å². The molecule has 0 aliphatic carbocycles. The van der Waals surface area contributed by atoms with Crippen molar-refractivity contribution in [2.75, 3.05) is 7.11 Å². The fourth-order valence-electron chi connectivity index (χ4n) is 2.35. The molecule has 0 atom stereocenters. The van der Waals surface area contributed by atoms with E-state index >= 15 is 0 Å². The molecule has 2 aromatic rings. The lowest BCUT2D eigenvalue weighted by Crippen LogP contribution is -2.14. The summed E-state index contributed by atoms with van der Waals surface area (Å²) in [6, 6.07) is 1.99. The SMILES string of the molecule is CCCc1nc(C(N)=O)nn1Cc1c(C)cc(C)nc1OC. The van der Waals surface area contributed by atoms with Gasteiger partial charge in [0, 0.05) is 17.7 Å². The lowest BCUT2D eigenvalue weighted by Gasteiger charge is -2.13. The minimum atomic E-state index is -0.623. The van der Waals surface area contributed by atoms with Crippen LogP contribution in [0.2, 0.25) is 0 Å². The van der Waals surface area contributed by atoms with Crippen LogP contribution < -0.4 is 10.5 Å². The van der Waals surface area contributed by atoms with Crippen LogP contribution in [0.5, 0.6) is 5.88 Å². The molecule has 0 saturated carbocycles. The molecule has 0 aliphatic heterocycles. The summed E-state index contributed by atoms with van der Waals surface area (Å²) in [6.45, 7) is 6.40. The van der Waals surface area contributed by atoms with Gasteiger partial charge >= 0.3 is 0 Å². The Morgan fingerprint density at radius 3 is 2.68 bits per heavy atom. The highest BCUT2D eigenvalue weighted by Gasteiger charge is 2.17. The molecule has 118 valence electrons. The number of carbonyl (C=O) groups excluding carboxylic acids is 1. The van der Waals surface area contributed by atoms with Crippen molar-refractivity contribution in [2.45, 2.75) is 40.2 Å². The molecule has 2 heterocycles. The van der Waals surface area contributed by atoms with E-state index in [1.807, 2.05) is 26.8 Å². The fourth-order valence-corrected chi connectivity index (χ4v) is 2.35. The van der Waals surface area contributed by atoms with Crippen molar-refractivity contribution in [3.05, 3.63) is 34.5 Å². The molecule has 7 nitrogen and oxygen atoms in total. The van der Waals surface area contributed by atoms with Gasteiger partial charge in [0.1, 0.15) is 5.82 Å². The molecule has 0 saturated heterocycles. The first-order valence-electron chi connectivity index (χ1n) is 7.20. The molecule has 0 aromatic carbocycles. The minimum absolute atomic E-state index is 0.0418. The molecule has 22 heavy (non-hydrogen) atoms. The maximum atomic E-state index is 11.3. The largest absolute Gasteiger partial charge is 0.481 e. The lowest BCUT2D eigenvalue weighted by atomic mass is 10.1. The molecule has 0 unspecified atom stereocenters. The number of nitrogens with two attached hydrogens (primary N) is 1. The van der Waals surface area contributed by atoms with E-state index in [4.69, 9.17) is 10.5 Å². The molecular weight excluding hydrogens is 282 g/mol. The Morgan fingerprint density at radius 2 is 2.09 bits per heavy atom. The summed E-state index contributed by atoms with van der Waals surface area (Å²) in [7, 11) is 1.59. The van der Waals surface area contributed by atoms with Crippen LogP contribution in [0.15, 0.2) is 6.07 Å². The number of methoxy groups -OCH3 is 1. The van der Waals surface area contributed by atoms with Gasteiger partial charge in [0.15, 0.2) is 0 Å². The van der Waals surface area contributed by atoms with E-state index in [0.717, 1.165) is 35.5 Å². The first kappa shape index (κ1) is 15.9. The third kappa shape index (κ3) is 3.24. The van der Waals surface area contributed by atoms with E-state index in [2.05, 4.69) is 15.1 Å². The van der Waals surface area contributed by atoms with Crippen LogP contribution in [0.3, 0.4) is 0 Å². The number of aromatic nitrogens is 4. The van der Waals surface area contributed by atoms with Crippen molar-refractivity contribution < 1.29 is 9.53 Å². The van der Waals surface area contributed by atoms with Crippen LogP contribution >= 0.6 is 0 Å². The topological polar surface area (TPSA) is 95.9 Å². The maximum Gasteiger partial charge on any atom is 0.288 e. The monoisotopic (exact) mass is 303 g/mol. The average molecular weight is 303 g/mol. The molecule has 0 radical (unpaired) electrons. The number of ether oxygens (including phenoxy) is 1. The number of amides is 1. The number of nitrogens with zero attached hydrogens (tertiary/aromatic N) is 4. The Balaban J connectivity index is 2.44. The van der Waals surface area contributed by atoms with Gasteiger partial charge < -0.3 is 10.5 Å². The summed E-state index contributed by atoms with van der Waals surface area (Å²) in [5, 5.41) is 4.21. The van der Waals surface area contributed by atoms with Gasteiger partial charge in [-0.05, 0) is 31.9 Å². The molecule has 0 bridgehead atoms.